The molecule has 0 aliphatic carbocycles. The van der Waals surface area contributed by atoms with Crippen molar-refractivity contribution in [3.63, 3.8) is 0 Å². The van der Waals surface area contributed by atoms with Gasteiger partial charge in [0.1, 0.15) is 6.61 Å². The first-order chi connectivity index (χ1) is 10.2. The molecule has 1 saturated heterocycles. The van der Waals surface area contributed by atoms with Crippen LogP contribution in [0.15, 0.2) is 24.3 Å². The van der Waals surface area contributed by atoms with Gasteiger partial charge in [0.2, 0.25) is 5.91 Å². The van der Waals surface area contributed by atoms with Gasteiger partial charge in [-0.2, -0.15) is 0 Å². The number of nitrogens with one attached hydrogen (secondary N) is 1. The van der Waals surface area contributed by atoms with Crippen LogP contribution in [0.4, 0.5) is 0 Å². The van der Waals surface area contributed by atoms with E-state index in [9.17, 15) is 4.79 Å². The van der Waals surface area contributed by atoms with E-state index in [0.29, 0.717) is 5.92 Å². The molecule has 0 radical (unpaired) electrons. The third-order valence-electron chi connectivity index (χ3n) is 4.47. The van der Waals surface area contributed by atoms with Crippen LogP contribution < -0.4 is 0 Å². The van der Waals surface area contributed by atoms with E-state index in [2.05, 4.69) is 36.2 Å². The molecule has 4 heteroatoms. The molecule has 4 nitrogen and oxygen atoms in total. The van der Waals surface area contributed by atoms with Crippen molar-refractivity contribution in [1.82, 2.24) is 9.88 Å². The Morgan fingerprint density at radius 1 is 1.33 bits per heavy atom. The molecule has 1 N–H and O–H groups in total. The van der Waals surface area contributed by atoms with E-state index in [4.69, 9.17) is 4.74 Å². The summed E-state index contributed by atoms with van der Waals surface area (Å²) in [6.45, 7) is 3.99. The fourth-order valence-corrected chi connectivity index (χ4v) is 3.46. The largest absolute Gasteiger partial charge is 0.375 e. The SMILES string of the molecule is COCC(=O)N1CCC(c2c(C)[nH]c3ccccc23)CC1. The lowest BCUT2D eigenvalue weighted by atomic mass is 9.87. The predicted molar refractivity (Wildman–Crippen MR) is 83.5 cm³/mol. The van der Waals surface area contributed by atoms with Crippen LogP contribution in [0.25, 0.3) is 10.9 Å². The van der Waals surface area contributed by atoms with E-state index in [-0.39, 0.29) is 12.5 Å². The summed E-state index contributed by atoms with van der Waals surface area (Å²) >= 11 is 0. The van der Waals surface area contributed by atoms with Crippen molar-refractivity contribution in [2.24, 2.45) is 0 Å². The summed E-state index contributed by atoms with van der Waals surface area (Å²) in [5.74, 6) is 0.638. The molecule has 1 amide bonds. The Morgan fingerprint density at radius 2 is 2.05 bits per heavy atom. The Bertz CT molecular complexity index is 639. The minimum absolute atomic E-state index is 0.103. The Kier molecular flexibility index (Phi) is 3.97. The Labute approximate surface area is 125 Å². The number of piperidine rings is 1. The van der Waals surface area contributed by atoms with Gasteiger partial charge in [-0.15, -0.1) is 0 Å². The van der Waals surface area contributed by atoms with Gasteiger partial charge in [0.15, 0.2) is 0 Å². The van der Waals surface area contributed by atoms with Gasteiger partial charge in [0.05, 0.1) is 0 Å². The average molecular weight is 286 g/mol. The Hall–Kier alpha value is -1.81. The number of aromatic amines is 1. The number of carbonyl (C=O) groups is 1. The Morgan fingerprint density at radius 3 is 2.76 bits per heavy atom. The summed E-state index contributed by atoms with van der Waals surface area (Å²) in [7, 11) is 1.57. The number of aryl methyl sites for hydroxylation is 1. The van der Waals surface area contributed by atoms with Gasteiger partial charge in [-0.05, 0) is 37.3 Å². The lowest BCUT2D eigenvalue weighted by molar-refractivity contribution is -0.136. The number of ether oxygens (including phenoxy) is 1. The second-order valence-corrected chi connectivity index (χ2v) is 5.80. The zero-order valence-corrected chi connectivity index (χ0v) is 12.7. The molecule has 0 atom stereocenters. The van der Waals surface area contributed by atoms with E-state index < -0.39 is 0 Å². The summed E-state index contributed by atoms with van der Waals surface area (Å²) in [5, 5.41) is 1.33. The number of methoxy groups -OCH3 is 1. The number of fused-ring (bicyclic) bond motifs is 1. The molecule has 21 heavy (non-hydrogen) atoms. The maximum Gasteiger partial charge on any atom is 0.248 e. The predicted octanol–water partition coefficient (Wildman–Crippen LogP) is 2.83. The highest BCUT2D eigenvalue weighted by atomic mass is 16.5. The van der Waals surface area contributed by atoms with Crippen LogP contribution >= 0.6 is 0 Å². The van der Waals surface area contributed by atoms with Crippen molar-refractivity contribution in [3.8, 4) is 0 Å². The van der Waals surface area contributed by atoms with Crippen molar-refractivity contribution in [2.45, 2.75) is 25.7 Å². The number of hydrogen-bond donors (Lipinski definition) is 1. The minimum Gasteiger partial charge on any atom is -0.375 e. The summed E-state index contributed by atoms with van der Waals surface area (Å²) in [4.78, 5) is 17.3. The number of hydrogen-bond acceptors (Lipinski definition) is 2. The third kappa shape index (κ3) is 2.68. The summed E-state index contributed by atoms with van der Waals surface area (Å²) in [5.41, 5.74) is 3.91. The van der Waals surface area contributed by atoms with E-state index in [1.165, 1.54) is 22.2 Å². The number of aromatic nitrogens is 1. The molecule has 112 valence electrons. The van der Waals surface area contributed by atoms with Gasteiger partial charge < -0.3 is 14.6 Å². The molecular weight excluding hydrogens is 264 g/mol. The van der Waals surface area contributed by atoms with E-state index in [0.717, 1.165) is 25.9 Å². The molecule has 1 aliphatic heterocycles. The van der Waals surface area contributed by atoms with Crippen LogP contribution in [0.2, 0.25) is 0 Å². The van der Waals surface area contributed by atoms with Gasteiger partial charge in [-0.1, -0.05) is 18.2 Å². The smallest absolute Gasteiger partial charge is 0.248 e. The number of likely N-dealkylation sites (tertiary alicyclic amines) is 1. The zero-order valence-electron chi connectivity index (χ0n) is 12.7. The highest BCUT2D eigenvalue weighted by Gasteiger charge is 2.26. The Balaban J connectivity index is 1.77. The quantitative estimate of drug-likeness (QED) is 0.943. The van der Waals surface area contributed by atoms with E-state index in [1.54, 1.807) is 7.11 Å². The summed E-state index contributed by atoms with van der Waals surface area (Å²) in [6, 6.07) is 8.48. The number of benzene rings is 1. The fourth-order valence-electron chi connectivity index (χ4n) is 3.46. The molecule has 2 aromatic rings. The van der Waals surface area contributed by atoms with Crippen LogP contribution in [0.5, 0.6) is 0 Å². The topological polar surface area (TPSA) is 45.3 Å². The molecule has 1 aliphatic rings. The van der Waals surface area contributed by atoms with Crippen molar-refractivity contribution >= 4 is 16.8 Å². The first-order valence-corrected chi connectivity index (χ1v) is 7.54. The van der Waals surface area contributed by atoms with Gasteiger partial charge in [-0.3, -0.25) is 4.79 Å². The molecule has 1 fully saturated rings. The lowest BCUT2D eigenvalue weighted by Crippen LogP contribution is -2.39. The fraction of sp³-hybridized carbons (Fsp3) is 0.471. The number of rotatable bonds is 3. The van der Waals surface area contributed by atoms with Gasteiger partial charge in [-0.25, -0.2) is 0 Å². The van der Waals surface area contributed by atoms with Gasteiger partial charge in [0.25, 0.3) is 0 Å². The first kappa shape index (κ1) is 14.1. The average Bonchev–Trinajstić information content (AvgIpc) is 2.83. The lowest BCUT2D eigenvalue weighted by Gasteiger charge is -2.32. The number of H-pyrrole nitrogens is 1. The van der Waals surface area contributed by atoms with Crippen molar-refractivity contribution < 1.29 is 9.53 Å². The molecule has 0 saturated carbocycles. The maximum absolute atomic E-state index is 11.9. The van der Waals surface area contributed by atoms with Crippen LogP contribution in [0.1, 0.15) is 30.0 Å². The maximum atomic E-state index is 11.9. The normalized spacial score (nSPS) is 16.6. The molecule has 3 rings (SSSR count). The molecule has 2 heterocycles. The van der Waals surface area contributed by atoms with Crippen molar-refractivity contribution in [3.05, 3.63) is 35.5 Å². The molecule has 0 unspecified atom stereocenters. The minimum atomic E-state index is 0.103. The highest BCUT2D eigenvalue weighted by Crippen LogP contribution is 2.35. The first-order valence-electron chi connectivity index (χ1n) is 7.54. The van der Waals surface area contributed by atoms with Crippen molar-refractivity contribution in [2.75, 3.05) is 26.8 Å². The number of amides is 1. The monoisotopic (exact) mass is 286 g/mol. The standard InChI is InChI=1S/C17H22N2O2/c1-12-17(14-5-3-4-6-15(14)18-12)13-7-9-19(10-8-13)16(20)11-21-2/h3-6,13,18H,7-11H2,1-2H3. The zero-order chi connectivity index (χ0) is 14.8. The van der Waals surface area contributed by atoms with Crippen molar-refractivity contribution in [1.29, 1.82) is 0 Å². The second kappa shape index (κ2) is 5.90. The molecule has 0 spiro atoms. The number of nitrogens with zero attached hydrogens (tertiary/aromatic N) is 1. The second-order valence-electron chi connectivity index (χ2n) is 5.80. The summed E-state index contributed by atoms with van der Waals surface area (Å²) in [6.07, 6.45) is 2.05. The van der Waals surface area contributed by atoms with Crippen LogP contribution in [-0.2, 0) is 9.53 Å². The van der Waals surface area contributed by atoms with Gasteiger partial charge in [0, 0.05) is 36.8 Å². The summed E-state index contributed by atoms with van der Waals surface area (Å²) < 4.78 is 4.94. The van der Waals surface area contributed by atoms with Crippen LogP contribution in [-0.4, -0.2) is 42.6 Å². The molecule has 0 bridgehead atoms. The van der Waals surface area contributed by atoms with E-state index in [1.807, 2.05) is 4.90 Å². The van der Waals surface area contributed by atoms with Gasteiger partial charge >= 0.3 is 0 Å². The third-order valence-corrected chi connectivity index (χ3v) is 4.47. The van der Waals surface area contributed by atoms with E-state index >= 15 is 0 Å². The molecule has 1 aromatic carbocycles. The number of para-hydroxylation sites is 1. The number of carbonyl (C=O) groups excluding carboxylic acids is 1. The highest BCUT2D eigenvalue weighted by molar-refractivity contribution is 5.85. The molecular formula is C17H22N2O2. The van der Waals surface area contributed by atoms with Crippen LogP contribution in [0, 0.1) is 6.92 Å². The van der Waals surface area contributed by atoms with Crippen LogP contribution in [0.3, 0.4) is 0 Å². The molecule has 1 aromatic heterocycles.